The average molecular weight is 605 g/mol. The van der Waals surface area contributed by atoms with E-state index < -0.39 is 5.92 Å². The highest BCUT2D eigenvalue weighted by molar-refractivity contribution is 7.84. The largest absolute Gasteiger partial charge is 0.870 e. The van der Waals surface area contributed by atoms with Crippen LogP contribution in [0.15, 0.2) is 63.0 Å². The predicted octanol–water partition coefficient (Wildman–Crippen LogP) is 9.45. The van der Waals surface area contributed by atoms with Gasteiger partial charge in [0.15, 0.2) is 11.7 Å². The fraction of sp³-hybridized carbons (Fsp3) is 0.486. The van der Waals surface area contributed by atoms with Crippen LogP contribution in [-0.4, -0.2) is 11.3 Å². The minimum Gasteiger partial charge on any atom is -0.870 e. The molecule has 5 nitrogen and oxygen atoms in total. The Morgan fingerprint density at radius 1 is 0.833 bits per heavy atom. The third-order valence-electron chi connectivity index (χ3n) is 6.93. The third-order valence-corrected chi connectivity index (χ3v) is 9.29. The van der Waals surface area contributed by atoms with Gasteiger partial charge in [-0.2, -0.15) is 10.5 Å². The molecule has 2 heterocycles. The summed E-state index contributed by atoms with van der Waals surface area (Å²) in [6, 6.07) is 8.42. The first-order valence-electron chi connectivity index (χ1n) is 13.9. The van der Waals surface area contributed by atoms with Gasteiger partial charge in [0.1, 0.15) is 11.5 Å². The van der Waals surface area contributed by atoms with Crippen molar-refractivity contribution in [1.29, 1.82) is 10.5 Å². The number of rotatable bonds is 3. The van der Waals surface area contributed by atoms with Gasteiger partial charge in [0, 0.05) is 50.5 Å². The van der Waals surface area contributed by atoms with Crippen molar-refractivity contribution in [3.05, 3.63) is 78.3 Å². The Hall–Kier alpha value is -2.97. The van der Waals surface area contributed by atoms with Crippen LogP contribution in [0.25, 0.3) is 6.08 Å². The Kier molecular flexibility index (Phi) is 10.0. The number of ether oxygens (including phenoxy) is 1. The number of thiol groups is 1. The van der Waals surface area contributed by atoms with Crippen LogP contribution >= 0.6 is 24.0 Å². The Morgan fingerprint density at radius 3 is 1.74 bits per heavy atom. The van der Waals surface area contributed by atoms with E-state index in [1.165, 1.54) is 9.75 Å². The molecule has 0 atom stereocenters. The van der Waals surface area contributed by atoms with Crippen LogP contribution in [0.2, 0.25) is 0 Å². The molecule has 0 fully saturated rings. The Labute approximate surface area is 261 Å². The molecule has 1 N–H and O–H groups in total. The number of hydrogen-bond acceptors (Lipinski definition) is 6. The molecule has 0 radical (unpaired) electrons. The van der Waals surface area contributed by atoms with Crippen LogP contribution in [0, 0.1) is 39.4 Å². The molecular formula is C35H44N2O3S2. The van der Waals surface area contributed by atoms with Gasteiger partial charge in [-0.05, 0) is 29.4 Å². The number of ketones is 1. The van der Waals surface area contributed by atoms with Gasteiger partial charge in [-0.3, -0.25) is 4.79 Å². The molecular weight excluding hydrogens is 561 g/mol. The van der Waals surface area contributed by atoms with E-state index in [-0.39, 0.29) is 32.9 Å². The lowest BCUT2D eigenvalue weighted by Gasteiger charge is -2.35. The second-order valence-corrected chi connectivity index (χ2v) is 16.4. The van der Waals surface area contributed by atoms with E-state index in [0.29, 0.717) is 21.6 Å². The summed E-state index contributed by atoms with van der Waals surface area (Å²) in [5.41, 5.74) is 2.13. The van der Waals surface area contributed by atoms with Crippen LogP contribution in [0.5, 0.6) is 0 Å². The van der Waals surface area contributed by atoms with Gasteiger partial charge in [0.05, 0.1) is 17.0 Å². The first kappa shape index (κ1) is 35.2. The first-order chi connectivity index (χ1) is 18.6. The highest BCUT2D eigenvalue weighted by atomic mass is 32.1. The number of nitriles is 2. The fourth-order valence-electron chi connectivity index (χ4n) is 4.41. The molecule has 1 aromatic heterocycles. The van der Waals surface area contributed by atoms with E-state index in [1.54, 1.807) is 17.4 Å². The summed E-state index contributed by atoms with van der Waals surface area (Å²) < 4.78 is 6.32. The van der Waals surface area contributed by atoms with Crippen molar-refractivity contribution < 1.29 is 15.0 Å². The van der Waals surface area contributed by atoms with Crippen LogP contribution in [0.4, 0.5) is 0 Å². The van der Waals surface area contributed by atoms with Gasteiger partial charge in [0.25, 0.3) is 0 Å². The lowest BCUT2D eigenvalue weighted by Crippen LogP contribution is -2.26. The van der Waals surface area contributed by atoms with Crippen molar-refractivity contribution in [1.82, 2.24) is 0 Å². The molecule has 0 saturated carbocycles. The SMILES string of the molecule is CC(C)(C)C1=CC(=CC2=C(C(C#N)C#N)C(=Cc3cc(C(C)(C)C)[s+]c(C(C)(C)C)c3)C2=O)C(S)=C(C(C)(C)C)O1.[OH-]. The number of nitrogens with zero attached hydrogens (tertiary/aromatic N) is 2. The number of carbonyl (C=O) groups excluding carboxylic acids is 1. The molecule has 7 heteroatoms. The Balaban J connectivity index is 0.00000616. The van der Waals surface area contributed by atoms with Crippen molar-refractivity contribution in [2.75, 3.05) is 0 Å². The van der Waals surface area contributed by atoms with Crippen molar-refractivity contribution in [2.24, 2.45) is 16.7 Å². The van der Waals surface area contributed by atoms with Gasteiger partial charge < -0.3 is 10.2 Å². The zero-order valence-electron chi connectivity index (χ0n) is 27.0. The molecule has 0 unspecified atom stereocenters. The topological polar surface area (TPSA) is 104 Å². The number of Topliss-reactive ketones (excluding diaryl/α,β-unsaturated/α-hetero) is 1. The normalized spacial score (nSPS) is 18.4. The highest BCUT2D eigenvalue weighted by Crippen LogP contribution is 2.46. The minimum atomic E-state index is -1.07. The smallest absolute Gasteiger partial charge is 0.219 e. The Morgan fingerprint density at radius 2 is 1.33 bits per heavy atom. The molecule has 0 amide bonds. The highest BCUT2D eigenvalue weighted by Gasteiger charge is 2.39. The van der Waals surface area contributed by atoms with Crippen molar-refractivity contribution in [2.45, 2.75) is 93.9 Å². The molecule has 2 aliphatic rings. The summed E-state index contributed by atoms with van der Waals surface area (Å²) in [5, 5.41) is 19.8. The van der Waals surface area contributed by atoms with E-state index in [2.05, 4.69) is 107 Å². The molecule has 224 valence electrons. The standard InChI is InChI=1S/C35H42N2O2S2.H2O/c1-32(2,3)25-17-21(30(40)31(39-25)35(10,11)12)16-24-28(22(18-36)19-37)23(29(24)38)13-20-14-26(33(4,5)6)41-27(15-20)34(7,8)9;/h13-17,22H,1-12H3;1H2. The van der Waals surface area contributed by atoms with Gasteiger partial charge >= 0.3 is 0 Å². The van der Waals surface area contributed by atoms with Crippen molar-refractivity contribution in [3.63, 3.8) is 0 Å². The first-order valence-corrected chi connectivity index (χ1v) is 15.2. The molecule has 3 rings (SSSR count). The van der Waals surface area contributed by atoms with Crippen LogP contribution < -0.4 is 0 Å². The average Bonchev–Trinajstić information content (AvgIpc) is 2.83. The zero-order chi connectivity index (χ0) is 31.3. The minimum absolute atomic E-state index is 0. The second kappa shape index (κ2) is 12.0. The summed E-state index contributed by atoms with van der Waals surface area (Å²) in [6.07, 6.45) is 5.53. The summed E-state index contributed by atoms with van der Waals surface area (Å²) in [5.74, 6) is 0.238. The summed E-state index contributed by atoms with van der Waals surface area (Å²) in [7, 11) is 0. The molecule has 0 bridgehead atoms. The maximum absolute atomic E-state index is 13.7. The lowest BCUT2D eigenvalue weighted by atomic mass is 9.73. The van der Waals surface area contributed by atoms with E-state index in [0.717, 1.165) is 22.7 Å². The number of carbonyl (C=O) groups is 1. The molecule has 1 aromatic rings. The molecule has 42 heavy (non-hydrogen) atoms. The van der Waals surface area contributed by atoms with Gasteiger partial charge in [0.2, 0.25) is 21.1 Å². The van der Waals surface area contributed by atoms with E-state index in [1.807, 2.05) is 12.2 Å². The number of allylic oxidation sites excluding steroid dienone is 8. The zero-order valence-corrected chi connectivity index (χ0v) is 28.7. The van der Waals surface area contributed by atoms with Crippen LogP contribution in [0.3, 0.4) is 0 Å². The Bertz CT molecular complexity index is 1480. The van der Waals surface area contributed by atoms with Crippen molar-refractivity contribution in [3.8, 4) is 12.1 Å². The number of hydrogen-bond donors (Lipinski definition) is 1. The van der Waals surface area contributed by atoms with Gasteiger partial charge in [-0.25, -0.2) is 0 Å². The van der Waals surface area contributed by atoms with Gasteiger partial charge in [-0.1, -0.05) is 83.1 Å². The van der Waals surface area contributed by atoms with Crippen molar-refractivity contribution >= 4 is 35.8 Å². The second-order valence-electron chi connectivity index (χ2n) is 14.9. The monoisotopic (exact) mass is 604 g/mol. The summed E-state index contributed by atoms with van der Waals surface area (Å²) >= 11 is 6.59. The predicted molar refractivity (Wildman–Crippen MR) is 175 cm³/mol. The maximum atomic E-state index is 13.7. The summed E-state index contributed by atoms with van der Waals surface area (Å²) in [4.78, 5) is 16.8. The maximum Gasteiger partial charge on any atom is 0.219 e. The molecule has 1 aliphatic heterocycles. The quantitative estimate of drug-likeness (QED) is 0.210. The van der Waals surface area contributed by atoms with E-state index in [9.17, 15) is 15.3 Å². The lowest BCUT2D eigenvalue weighted by molar-refractivity contribution is -0.112. The van der Waals surface area contributed by atoms with Crippen LogP contribution in [-0.2, 0) is 20.4 Å². The van der Waals surface area contributed by atoms with E-state index in [4.69, 9.17) is 17.4 Å². The van der Waals surface area contributed by atoms with Crippen LogP contribution in [0.1, 0.15) is 98.4 Å². The third kappa shape index (κ3) is 7.32. The molecule has 1 aliphatic carbocycles. The summed E-state index contributed by atoms with van der Waals surface area (Å²) in [6.45, 7) is 25.4. The fourth-order valence-corrected chi connectivity index (χ4v) is 6.16. The van der Waals surface area contributed by atoms with Gasteiger partial charge in [-0.15, -0.1) is 12.6 Å². The molecule has 0 saturated heterocycles. The molecule has 0 aromatic carbocycles. The molecule has 0 spiro atoms. The van der Waals surface area contributed by atoms with E-state index >= 15 is 0 Å².